The molecule has 1 N–H and O–H groups in total. The average molecular weight is 388 g/mol. The molecule has 2 heterocycles. The monoisotopic (exact) mass is 388 g/mol. The van der Waals surface area contributed by atoms with Gasteiger partial charge in [0.1, 0.15) is 11.3 Å². The Morgan fingerprint density at radius 1 is 0.897 bits per heavy atom. The first-order valence-electron chi connectivity index (χ1n) is 8.98. The Hall–Kier alpha value is -3.93. The summed E-state index contributed by atoms with van der Waals surface area (Å²) in [5.74, 6) is 1.59. The zero-order chi connectivity index (χ0) is 20.0. The molecule has 0 atom stereocenters. The van der Waals surface area contributed by atoms with E-state index in [4.69, 9.17) is 18.6 Å². The van der Waals surface area contributed by atoms with Gasteiger partial charge in [-0.25, -0.2) is 0 Å². The minimum absolute atomic E-state index is 0.121. The average Bonchev–Trinajstić information content (AvgIpc) is 3.24. The van der Waals surface area contributed by atoms with Crippen LogP contribution in [0.1, 0.15) is 0 Å². The van der Waals surface area contributed by atoms with Crippen LogP contribution in [0.4, 0.5) is 0 Å². The minimum atomic E-state index is -0.506. The first-order chi connectivity index (χ1) is 14.1. The van der Waals surface area contributed by atoms with Crippen LogP contribution in [0.3, 0.4) is 0 Å². The lowest BCUT2D eigenvalue weighted by Crippen LogP contribution is -2.03. The number of fused-ring (bicyclic) bond motifs is 2. The van der Waals surface area contributed by atoms with Crippen LogP contribution in [0.25, 0.3) is 33.4 Å². The Labute approximate surface area is 165 Å². The number of ether oxygens (including phenoxy) is 3. The van der Waals surface area contributed by atoms with Gasteiger partial charge in [-0.3, -0.25) is 4.79 Å². The summed E-state index contributed by atoms with van der Waals surface area (Å²) < 4.78 is 21.8. The van der Waals surface area contributed by atoms with Gasteiger partial charge in [-0.2, -0.15) is 0 Å². The normalized spacial score (nSPS) is 12.3. The molecule has 0 aliphatic carbocycles. The Morgan fingerprint density at radius 3 is 2.55 bits per heavy atom. The second-order valence-corrected chi connectivity index (χ2v) is 6.62. The molecule has 1 aliphatic rings. The van der Waals surface area contributed by atoms with Gasteiger partial charge in [-0.05, 0) is 47.5 Å². The molecule has 3 aromatic carbocycles. The lowest BCUT2D eigenvalue weighted by Gasteiger charge is -2.09. The maximum absolute atomic E-state index is 12.7. The zero-order valence-corrected chi connectivity index (χ0v) is 15.5. The number of hydrogen-bond donors (Lipinski definition) is 1. The highest BCUT2D eigenvalue weighted by Gasteiger charge is 2.18. The molecule has 6 heteroatoms. The van der Waals surface area contributed by atoms with Crippen molar-refractivity contribution in [1.82, 2.24) is 0 Å². The number of benzene rings is 3. The lowest BCUT2D eigenvalue weighted by molar-refractivity contribution is 0.174. The molecule has 0 unspecified atom stereocenters. The van der Waals surface area contributed by atoms with E-state index in [1.165, 1.54) is 7.11 Å². The maximum atomic E-state index is 12.7. The number of methoxy groups -OCH3 is 1. The van der Waals surface area contributed by atoms with Crippen LogP contribution in [0.15, 0.2) is 69.9 Å². The van der Waals surface area contributed by atoms with E-state index in [1.54, 1.807) is 24.3 Å². The molecule has 1 aromatic heterocycles. The molecule has 0 bridgehead atoms. The lowest BCUT2D eigenvalue weighted by atomic mass is 10.0. The molecule has 0 spiro atoms. The Kier molecular flexibility index (Phi) is 3.91. The fourth-order valence-corrected chi connectivity index (χ4v) is 3.40. The summed E-state index contributed by atoms with van der Waals surface area (Å²) in [6.07, 6.45) is 0. The van der Waals surface area contributed by atoms with Crippen molar-refractivity contribution >= 4 is 11.0 Å². The zero-order valence-electron chi connectivity index (χ0n) is 15.5. The Balaban J connectivity index is 1.63. The summed E-state index contributed by atoms with van der Waals surface area (Å²) in [6, 6.07) is 18.0. The number of rotatable bonds is 3. The summed E-state index contributed by atoms with van der Waals surface area (Å²) in [5.41, 5.74) is 2.26. The smallest absolute Gasteiger partial charge is 0.235 e. The van der Waals surface area contributed by atoms with Crippen LogP contribution in [0, 0.1) is 0 Å². The predicted molar refractivity (Wildman–Crippen MR) is 108 cm³/mol. The van der Waals surface area contributed by atoms with Gasteiger partial charge in [0, 0.05) is 5.56 Å². The number of aromatic hydroxyl groups is 1. The van der Waals surface area contributed by atoms with Crippen LogP contribution < -0.4 is 19.6 Å². The van der Waals surface area contributed by atoms with Crippen molar-refractivity contribution in [1.29, 1.82) is 0 Å². The van der Waals surface area contributed by atoms with E-state index in [1.807, 2.05) is 36.4 Å². The SMILES string of the molecule is COc1ccc2oc(-c3cccc(-c4ccc5c(c4)OCO5)c3)c(O)c(=O)c2c1. The van der Waals surface area contributed by atoms with Crippen molar-refractivity contribution in [3.8, 4) is 45.4 Å². The molecule has 4 aromatic rings. The van der Waals surface area contributed by atoms with Crippen molar-refractivity contribution in [2.45, 2.75) is 0 Å². The van der Waals surface area contributed by atoms with Crippen molar-refractivity contribution in [2.24, 2.45) is 0 Å². The van der Waals surface area contributed by atoms with Gasteiger partial charge in [-0.15, -0.1) is 0 Å². The molecular weight excluding hydrogens is 372 g/mol. The molecule has 144 valence electrons. The Bertz CT molecular complexity index is 1300. The first-order valence-corrected chi connectivity index (χ1v) is 8.98. The fourth-order valence-electron chi connectivity index (χ4n) is 3.40. The van der Waals surface area contributed by atoms with E-state index in [9.17, 15) is 9.90 Å². The van der Waals surface area contributed by atoms with Crippen LogP contribution in [0.2, 0.25) is 0 Å². The molecule has 0 fully saturated rings. The van der Waals surface area contributed by atoms with Gasteiger partial charge in [-0.1, -0.05) is 24.3 Å². The molecule has 6 nitrogen and oxygen atoms in total. The molecular formula is C23H16O6. The van der Waals surface area contributed by atoms with Gasteiger partial charge >= 0.3 is 0 Å². The quantitative estimate of drug-likeness (QED) is 0.554. The van der Waals surface area contributed by atoms with Gasteiger partial charge < -0.3 is 23.7 Å². The van der Waals surface area contributed by atoms with E-state index in [0.717, 1.165) is 11.1 Å². The van der Waals surface area contributed by atoms with Crippen LogP contribution in [0.5, 0.6) is 23.0 Å². The molecule has 0 saturated carbocycles. The largest absolute Gasteiger partial charge is 0.502 e. The first kappa shape index (κ1) is 17.2. The van der Waals surface area contributed by atoms with E-state index < -0.39 is 11.2 Å². The molecule has 0 amide bonds. The van der Waals surface area contributed by atoms with Crippen molar-refractivity contribution < 1.29 is 23.7 Å². The third-order valence-electron chi connectivity index (χ3n) is 4.90. The van der Waals surface area contributed by atoms with Gasteiger partial charge in [0.25, 0.3) is 0 Å². The molecule has 0 saturated heterocycles. The van der Waals surface area contributed by atoms with E-state index in [0.29, 0.717) is 28.4 Å². The summed E-state index contributed by atoms with van der Waals surface area (Å²) in [7, 11) is 1.51. The van der Waals surface area contributed by atoms with Gasteiger partial charge in [0.2, 0.25) is 18.0 Å². The predicted octanol–water partition coefficient (Wildman–Crippen LogP) is 4.57. The maximum Gasteiger partial charge on any atom is 0.235 e. The summed E-state index contributed by atoms with van der Waals surface area (Å²) in [4.78, 5) is 12.7. The fraction of sp³-hybridized carbons (Fsp3) is 0.0870. The molecule has 29 heavy (non-hydrogen) atoms. The van der Waals surface area contributed by atoms with Crippen LogP contribution in [-0.4, -0.2) is 19.0 Å². The standard InChI is InChI=1S/C23H16O6/c1-26-16-6-8-18-17(11-16)21(24)22(25)23(29-18)15-4-2-3-13(9-15)14-5-7-19-20(10-14)28-12-27-19/h2-11,25H,12H2,1H3. The topological polar surface area (TPSA) is 78.1 Å². The van der Waals surface area contributed by atoms with Crippen LogP contribution >= 0.6 is 0 Å². The van der Waals surface area contributed by atoms with E-state index in [-0.39, 0.29) is 17.9 Å². The highest BCUT2D eigenvalue weighted by Crippen LogP contribution is 2.38. The van der Waals surface area contributed by atoms with E-state index >= 15 is 0 Å². The summed E-state index contributed by atoms with van der Waals surface area (Å²) >= 11 is 0. The summed E-state index contributed by atoms with van der Waals surface area (Å²) in [5, 5.41) is 10.8. The third kappa shape index (κ3) is 2.86. The van der Waals surface area contributed by atoms with Crippen molar-refractivity contribution in [2.75, 3.05) is 13.9 Å². The minimum Gasteiger partial charge on any atom is -0.502 e. The number of hydrogen-bond acceptors (Lipinski definition) is 6. The van der Waals surface area contributed by atoms with E-state index in [2.05, 4.69) is 0 Å². The highest BCUT2D eigenvalue weighted by molar-refractivity contribution is 5.84. The van der Waals surface area contributed by atoms with Crippen molar-refractivity contribution in [3.63, 3.8) is 0 Å². The second kappa shape index (κ2) is 6.60. The second-order valence-electron chi connectivity index (χ2n) is 6.62. The van der Waals surface area contributed by atoms with Crippen LogP contribution in [-0.2, 0) is 0 Å². The third-order valence-corrected chi connectivity index (χ3v) is 4.90. The molecule has 0 radical (unpaired) electrons. The molecule has 5 rings (SSSR count). The van der Waals surface area contributed by atoms with Crippen molar-refractivity contribution in [3.05, 3.63) is 70.9 Å². The van der Waals surface area contributed by atoms with Gasteiger partial charge in [0.15, 0.2) is 17.3 Å². The molecule has 1 aliphatic heterocycles. The highest BCUT2D eigenvalue weighted by atomic mass is 16.7. The summed E-state index contributed by atoms with van der Waals surface area (Å²) in [6.45, 7) is 0.208. The van der Waals surface area contributed by atoms with Gasteiger partial charge in [0.05, 0.1) is 12.5 Å². The Morgan fingerprint density at radius 2 is 1.69 bits per heavy atom.